The smallest absolute Gasteiger partial charge is 0.0726 e. The summed E-state index contributed by atoms with van der Waals surface area (Å²) < 4.78 is 0. The molecule has 0 amide bonds. The summed E-state index contributed by atoms with van der Waals surface area (Å²) in [6.45, 7) is 28.3. The highest BCUT2D eigenvalue weighted by molar-refractivity contribution is 5.99. The lowest BCUT2D eigenvalue weighted by Crippen LogP contribution is -2.00. The average molecular weight is 759 g/mol. The molecule has 4 nitrogen and oxygen atoms in total. The monoisotopic (exact) mass is 759 g/mol. The van der Waals surface area contributed by atoms with E-state index in [1.165, 1.54) is 124 Å². The highest BCUT2D eigenvalue weighted by Gasteiger charge is 2.30. The summed E-state index contributed by atoms with van der Waals surface area (Å²) >= 11 is 0. The van der Waals surface area contributed by atoms with Crippen LogP contribution in [0.1, 0.15) is 227 Å². The number of hydrogen-bond acceptors (Lipinski definition) is 2. The third-order valence-corrected chi connectivity index (χ3v) is 13.1. The highest BCUT2D eigenvalue weighted by atomic mass is 14.8. The lowest BCUT2D eigenvalue weighted by molar-refractivity contribution is 0.783. The van der Waals surface area contributed by atoms with Crippen LogP contribution in [0.5, 0.6) is 0 Å². The summed E-state index contributed by atoms with van der Waals surface area (Å²) in [5.41, 5.74) is 28.1. The minimum absolute atomic E-state index is 0.988. The summed E-state index contributed by atoms with van der Waals surface area (Å²) in [5.74, 6) is 0. The van der Waals surface area contributed by atoms with Crippen molar-refractivity contribution in [1.82, 2.24) is 19.9 Å². The van der Waals surface area contributed by atoms with Gasteiger partial charge in [-0.3, -0.25) is 0 Å². The van der Waals surface area contributed by atoms with Crippen molar-refractivity contribution in [3.63, 3.8) is 0 Å². The third-order valence-electron chi connectivity index (χ3n) is 13.1. The number of rotatable bonds is 20. The van der Waals surface area contributed by atoms with E-state index in [4.69, 9.17) is 9.97 Å². The number of nitrogens with zero attached hydrogens (tertiary/aromatic N) is 2. The van der Waals surface area contributed by atoms with E-state index in [1.807, 2.05) is 0 Å². The number of hydrogen-bond donors (Lipinski definition) is 2. The van der Waals surface area contributed by atoms with Crippen LogP contribution in [0.3, 0.4) is 0 Å². The van der Waals surface area contributed by atoms with Gasteiger partial charge in [0.05, 0.1) is 22.8 Å². The number of nitrogens with one attached hydrogen (secondary N) is 2. The zero-order valence-electron chi connectivity index (χ0n) is 38.0. The number of aromatic nitrogens is 4. The first-order valence-electron chi connectivity index (χ1n) is 23.6. The van der Waals surface area contributed by atoms with Crippen LogP contribution in [0.2, 0.25) is 0 Å². The molecule has 0 aliphatic carbocycles. The highest BCUT2D eigenvalue weighted by Crippen LogP contribution is 2.45. The van der Waals surface area contributed by atoms with E-state index in [9.17, 15) is 0 Å². The van der Waals surface area contributed by atoms with Crippen LogP contribution in [0.15, 0.2) is 0 Å². The van der Waals surface area contributed by atoms with Crippen molar-refractivity contribution in [1.29, 1.82) is 0 Å². The molecule has 56 heavy (non-hydrogen) atoms. The SMILES string of the molecule is CCCCc1c2nc(c(CCCC)c3[nH]c(c(CC)c3CC)c(CCCC)c3[nH]c(c(CCCC)c4nc1C(CC)=C4CC)c(CC)c3CC)C(CC)=C2CC. The fraction of sp³-hybridized carbons (Fsp3) is 0.615. The third kappa shape index (κ3) is 8.02. The summed E-state index contributed by atoms with van der Waals surface area (Å²) in [5, 5.41) is 0. The average Bonchev–Trinajstić information content (AvgIpc) is 3.98. The number of aromatic amines is 2. The maximum absolute atomic E-state index is 5.93. The van der Waals surface area contributed by atoms with Gasteiger partial charge in [-0.15, -0.1) is 0 Å². The summed E-state index contributed by atoms with van der Waals surface area (Å²) in [6, 6.07) is 0. The van der Waals surface area contributed by atoms with E-state index < -0.39 is 0 Å². The largest absolute Gasteiger partial charge is 0.354 e. The molecule has 0 spiro atoms. The van der Waals surface area contributed by atoms with Crippen LogP contribution in [0.25, 0.3) is 44.4 Å². The molecule has 0 radical (unpaired) electrons. The molecular weight excluding hydrogens is 681 g/mol. The second-order valence-electron chi connectivity index (χ2n) is 16.4. The van der Waals surface area contributed by atoms with E-state index in [1.54, 1.807) is 0 Å². The van der Waals surface area contributed by atoms with E-state index in [-0.39, 0.29) is 0 Å². The van der Waals surface area contributed by atoms with Crippen LogP contribution in [0, 0.1) is 0 Å². The fourth-order valence-electron chi connectivity index (χ4n) is 10.2. The van der Waals surface area contributed by atoms with Crippen molar-refractivity contribution in [2.45, 2.75) is 212 Å². The Morgan fingerprint density at radius 3 is 0.804 bits per heavy atom. The molecule has 0 saturated heterocycles. The van der Waals surface area contributed by atoms with Crippen LogP contribution in [-0.2, 0) is 51.4 Å². The van der Waals surface area contributed by atoms with Crippen LogP contribution in [-0.4, -0.2) is 19.9 Å². The molecule has 3 aromatic heterocycles. The van der Waals surface area contributed by atoms with Crippen molar-refractivity contribution in [3.05, 3.63) is 67.3 Å². The van der Waals surface area contributed by atoms with Gasteiger partial charge in [-0.2, -0.15) is 0 Å². The number of unbranched alkanes of at least 4 members (excludes halogenated alkanes) is 4. The van der Waals surface area contributed by atoms with Gasteiger partial charge >= 0.3 is 0 Å². The molecular formula is C52H78N4. The van der Waals surface area contributed by atoms with Gasteiger partial charge in [0.2, 0.25) is 0 Å². The minimum atomic E-state index is 0.988. The molecule has 306 valence electrons. The topological polar surface area (TPSA) is 57.4 Å². The lowest BCUT2D eigenvalue weighted by Gasteiger charge is -2.12. The molecule has 2 aliphatic heterocycles. The maximum Gasteiger partial charge on any atom is 0.0726 e. The van der Waals surface area contributed by atoms with Crippen molar-refractivity contribution >= 4 is 44.4 Å². The summed E-state index contributed by atoms with van der Waals surface area (Å²) in [4.78, 5) is 20.4. The predicted octanol–water partition coefficient (Wildman–Crippen LogP) is 15.4. The molecule has 8 bridgehead atoms. The molecule has 5 rings (SSSR count). The van der Waals surface area contributed by atoms with Gasteiger partial charge in [0.1, 0.15) is 0 Å². The standard InChI is InChI=1S/C52H78N4/c1-13-25-29-41-45-33(17-5)35(19-7)47(53-45)42(30-26-14-2)49-37(21-9)39(23-11)51(55-49)44(32-28-16-4)52-40(24-12)38(22-10)50(56-52)43(31-27-15-3)48-36(20-8)34(18-6)46(41)54-48/h53-54H,13-32H2,1-12H3. The molecule has 0 atom stereocenters. The first kappa shape index (κ1) is 43.7. The maximum atomic E-state index is 5.93. The molecule has 0 fully saturated rings. The van der Waals surface area contributed by atoms with Gasteiger partial charge in [-0.1, -0.05) is 109 Å². The van der Waals surface area contributed by atoms with E-state index >= 15 is 0 Å². The Kier molecular flexibility index (Phi) is 15.9. The fourth-order valence-corrected chi connectivity index (χ4v) is 10.2. The second-order valence-corrected chi connectivity index (χ2v) is 16.4. The number of fused-ring (bicyclic) bond motifs is 8. The van der Waals surface area contributed by atoms with Crippen molar-refractivity contribution in [2.75, 3.05) is 0 Å². The van der Waals surface area contributed by atoms with Crippen LogP contribution in [0.4, 0.5) is 0 Å². The molecule has 2 aliphatic rings. The van der Waals surface area contributed by atoms with Crippen molar-refractivity contribution in [3.8, 4) is 0 Å². The first-order valence-corrected chi connectivity index (χ1v) is 23.6. The molecule has 0 unspecified atom stereocenters. The molecule has 0 saturated carbocycles. The van der Waals surface area contributed by atoms with Gasteiger partial charge < -0.3 is 9.97 Å². The molecule has 4 heteroatoms. The lowest BCUT2D eigenvalue weighted by atomic mass is 9.90. The van der Waals surface area contributed by atoms with Gasteiger partial charge in [0.25, 0.3) is 0 Å². The van der Waals surface area contributed by atoms with Crippen molar-refractivity contribution < 1.29 is 0 Å². The first-order chi connectivity index (χ1) is 27.3. The van der Waals surface area contributed by atoms with Crippen molar-refractivity contribution in [2.24, 2.45) is 0 Å². The zero-order chi connectivity index (χ0) is 40.5. The van der Waals surface area contributed by atoms with Gasteiger partial charge in [0.15, 0.2) is 0 Å². The van der Waals surface area contributed by atoms with Crippen LogP contribution < -0.4 is 0 Å². The Hall–Kier alpha value is -3.40. The Bertz CT molecular complexity index is 1940. The van der Waals surface area contributed by atoms with Gasteiger partial charge in [-0.25, -0.2) is 9.97 Å². The summed E-state index contributed by atoms with van der Waals surface area (Å²) in [7, 11) is 0. The van der Waals surface area contributed by atoms with Gasteiger partial charge in [0, 0.05) is 38.8 Å². The quantitative estimate of drug-likeness (QED) is 0.121. The van der Waals surface area contributed by atoms with Gasteiger partial charge in [-0.05, 0) is 153 Å². The normalized spacial score (nSPS) is 13.2. The zero-order valence-corrected chi connectivity index (χ0v) is 38.0. The summed E-state index contributed by atoms with van der Waals surface area (Å²) in [6.07, 6.45) is 21.5. The molecule has 2 N–H and O–H groups in total. The van der Waals surface area contributed by atoms with E-state index in [2.05, 4.69) is 93.1 Å². The number of aryl methyl sites for hydroxylation is 7. The van der Waals surface area contributed by atoms with E-state index in [0.717, 1.165) is 116 Å². The molecule has 0 aromatic carbocycles. The number of allylic oxidation sites excluding steroid dienone is 4. The Labute approximate surface area is 341 Å². The minimum Gasteiger partial charge on any atom is -0.354 e. The molecule has 3 aromatic rings. The van der Waals surface area contributed by atoms with E-state index in [0.29, 0.717) is 0 Å². The Morgan fingerprint density at radius 2 is 0.536 bits per heavy atom. The van der Waals surface area contributed by atoms with Crippen LogP contribution >= 0.6 is 0 Å². The Balaban J connectivity index is 2.27. The number of H-pyrrole nitrogens is 2. The Morgan fingerprint density at radius 1 is 0.286 bits per heavy atom. The second kappa shape index (κ2) is 20.3. The predicted molar refractivity (Wildman–Crippen MR) is 248 cm³/mol. The molecule has 5 heterocycles.